The van der Waals surface area contributed by atoms with Crippen LogP contribution < -0.4 is 5.32 Å². The van der Waals surface area contributed by atoms with Gasteiger partial charge < -0.3 is 15.3 Å². The summed E-state index contributed by atoms with van der Waals surface area (Å²) in [7, 11) is 0. The molecule has 2 rings (SSSR count). The number of amides is 1. The van der Waals surface area contributed by atoms with Crippen molar-refractivity contribution in [2.75, 3.05) is 19.6 Å². The number of carbonyl (C=O) groups is 2. The largest absolute Gasteiger partial charge is 0.481 e. The van der Waals surface area contributed by atoms with Crippen molar-refractivity contribution in [1.82, 2.24) is 10.2 Å². The molecular weight excluding hydrogens is 256 g/mol. The Hall–Kier alpha value is -1.10. The maximum atomic E-state index is 12.5. The normalized spacial score (nSPS) is 28.4. The van der Waals surface area contributed by atoms with Gasteiger partial charge in [0.1, 0.15) is 0 Å². The third-order valence-corrected chi connectivity index (χ3v) is 4.73. The number of nitrogens with zero attached hydrogens (tertiary/aromatic N) is 1. The van der Waals surface area contributed by atoms with Crippen LogP contribution in [0.1, 0.15) is 45.4 Å². The van der Waals surface area contributed by atoms with Crippen molar-refractivity contribution < 1.29 is 14.7 Å². The highest BCUT2D eigenvalue weighted by Gasteiger charge is 2.32. The first-order chi connectivity index (χ1) is 9.58. The zero-order chi connectivity index (χ0) is 14.5. The molecule has 114 valence electrons. The lowest BCUT2D eigenvalue weighted by Crippen LogP contribution is -2.53. The third kappa shape index (κ3) is 3.95. The lowest BCUT2D eigenvalue weighted by Gasteiger charge is -2.37. The minimum absolute atomic E-state index is 0.0145. The van der Waals surface area contributed by atoms with Gasteiger partial charge in [-0.1, -0.05) is 6.92 Å². The molecule has 0 aliphatic carbocycles. The first-order valence-electron chi connectivity index (χ1n) is 7.82. The number of likely N-dealkylation sites (tertiary alicyclic amines) is 1. The molecule has 0 aromatic rings. The van der Waals surface area contributed by atoms with Crippen molar-refractivity contribution in [1.29, 1.82) is 0 Å². The Morgan fingerprint density at radius 2 is 1.95 bits per heavy atom. The van der Waals surface area contributed by atoms with E-state index < -0.39 is 5.97 Å². The van der Waals surface area contributed by atoms with Gasteiger partial charge in [-0.05, 0) is 50.5 Å². The minimum atomic E-state index is -0.719. The van der Waals surface area contributed by atoms with Crippen molar-refractivity contribution in [2.24, 2.45) is 11.8 Å². The summed E-state index contributed by atoms with van der Waals surface area (Å²) in [6.07, 6.45) is 5.16. The molecule has 2 N–H and O–H groups in total. The Kier molecular flexibility index (Phi) is 5.40. The maximum Gasteiger partial charge on any atom is 0.303 e. The molecule has 0 spiro atoms. The highest BCUT2D eigenvalue weighted by Crippen LogP contribution is 2.24. The first-order valence-corrected chi connectivity index (χ1v) is 7.82. The van der Waals surface area contributed by atoms with Crippen LogP contribution in [0.4, 0.5) is 0 Å². The van der Waals surface area contributed by atoms with Crippen LogP contribution in [-0.2, 0) is 9.59 Å². The van der Waals surface area contributed by atoms with Gasteiger partial charge in [-0.15, -0.1) is 0 Å². The Labute approximate surface area is 120 Å². The van der Waals surface area contributed by atoms with Gasteiger partial charge in [-0.3, -0.25) is 9.59 Å². The highest BCUT2D eigenvalue weighted by atomic mass is 16.4. The number of rotatable bonds is 4. The summed E-state index contributed by atoms with van der Waals surface area (Å²) in [5, 5.41) is 12.1. The summed E-state index contributed by atoms with van der Waals surface area (Å²) >= 11 is 0. The van der Waals surface area contributed by atoms with E-state index in [1.54, 1.807) is 0 Å². The third-order valence-electron chi connectivity index (χ3n) is 4.73. The molecule has 2 aliphatic heterocycles. The van der Waals surface area contributed by atoms with Gasteiger partial charge in [0.2, 0.25) is 5.91 Å². The van der Waals surface area contributed by atoms with Crippen LogP contribution in [0, 0.1) is 11.8 Å². The van der Waals surface area contributed by atoms with Gasteiger partial charge in [0.25, 0.3) is 0 Å². The molecule has 20 heavy (non-hydrogen) atoms. The van der Waals surface area contributed by atoms with E-state index in [1.165, 1.54) is 0 Å². The molecule has 0 aromatic carbocycles. The fraction of sp³-hybridized carbons (Fsp3) is 0.867. The number of carboxylic acid groups (broad SMARTS) is 1. The smallest absolute Gasteiger partial charge is 0.303 e. The van der Waals surface area contributed by atoms with E-state index in [9.17, 15) is 9.59 Å². The van der Waals surface area contributed by atoms with Crippen LogP contribution in [0.25, 0.3) is 0 Å². The Morgan fingerprint density at radius 1 is 1.25 bits per heavy atom. The first kappa shape index (κ1) is 15.3. The van der Waals surface area contributed by atoms with Crippen molar-refractivity contribution in [3.63, 3.8) is 0 Å². The number of hydrogen-bond acceptors (Lipinski definition) is 3. The highest BCUT2D eigenvalue weighted by molar-refractivity contribution is 5.82. The topological polar surface area (TPSA) is 69.6 Å². The summed E-state index contributed by atoms with van der Waals surface area (Å²) in [4.78, 5) is 25.1. The van der Waals surface area contributed by atoms with Crippen LogP contribution in [0.2, 0.25) is 0 Å². The van der Waals surface area contributed by atoms with Gasteiger partial charge in [-0.25, -0.2) is 0 Å². The summed E-state index contributed by atoms with van der Waals surface area (Å²) in [6, 6.07) is -0.0145. The molecule has 2 aliphatic rings. The zero-order valence-electron chi connectivity index (χ0n) is 12.3. The van der Waals surface area contributed by atoms with Crippen molar-refractivity contribution >= 4 is 11.9 Å². The number of carbonyl (C=O) groups excluding carboxylic acids is 1. The molecule has 5 heteroatoms. The lowest BCUT2D eigenvalue weighted by molar-refractivity contribution is -0.139. The number of nitrogens with one attached hydrogen (secondary N) is 1. The average molecular weight is 282 g/mol. The summed E-state index contributed by atoms with van der Waals surface area (Å²) in [5.74, 6) is 0.408. The maximum absolute atomic E-state index is 12.5. The standard InChI is InChI=1S/C15H26N2O3/c1-11-3-2-8-16-14(11)15(20)17-9-6-12(7-10-17)4-5-13(18)19/h11-12,14,16H,2-10H2,1H3,(H,18,19). The van der Waals surface area contributed by atoms with E-state index in [1.807, 2.05) is 4.90 Å². The molecule has 2 heterocycles. The predicted octanol–water partition coefficient (Wildman–Crippen LogP) is 1.48. The fourth-order valence-corrected chi connectivity index (χ4v) is 3.35. The molecule has 5 nitrogen and oxygen atoms in total. The quantitative estimate of drug-likeness (QED) is 0.819. The summed E-state index contributed by atoms with van der Waals surface area (Å²) in [6.45, 7) is 4.66. The number of piperidine rings is 2. The molecule has 2 saturated heterocycles. The van der Waals surface area contributed by atoms with Crippen LogP contribution in [0.5, 0.6) is 0 Å². The lowest BCUT2D eigenvalue weighted by atomic mass is 9.89. The Morgan fingerprint density at radius 3 is 2.55 bits per heavy atom. The van der Waals surface area contributed by atoms with E-state index >= 15 is 0 Å². The van der Waals surface area contributed by atoms with Crippen LogP contribution in [0.15, 0.2) is 0 Å². The molecule has 0 saturated carbocycles. The van der Waals surface area contributed by atoms with Crippen LogP contribution in [0.3, 0.4) is 0 Å². The van der Waals surface area contributed by atoms with Gasteiger partial charge in [0, 0.05) is 19.5 Å². The number of carboxylic acids is 1. The molecule has 2 unspecified atom stereocenters. The van der Waals surface area contributed by atoms with Crippen molar-refractivity contribution in [2.45, 2.75) is 51.5 Å². The Balaban J connectivity index is 1.78. The molecule has 0 aromatic heterocycles. The van der Waals surface area contributed by atoms with Gasteiger partial charge >= 0.3 is 5.97 Å². The van der Waals surface area contributed by atoms with Crippen LogP contribution >= 0.6 is 0 Å². The number of hydrogen-bond donors (Lipinski definition) is 2. The molecule has 2 fully saturated rings. The molecule has 0 bridgehead atoms. The van der Waals surface area contributed by atoms with Gasteiger partial charge in [0.05, 0.1) is 6.04 Å². The summed E-state index contributed by atoms with van der Waals surface area (Å²) < 4.78 is 0. The van der Waals surface area contributed by atoms with E-state index in [-0.39, 0.29) is 18.4 Å². The monoisotopic (exact) mass is 282 g/mol. The number of aliphatic carboxylic acids is 1. The predicted molar refractivity (Wildman–Crippen MR) is 76.4 cm³/mol. The summed E-state index contributed by atoms with van der Waals surface area (Å²) in [5.41, 5.74) is 0. The van der Waals surface area contributed by atoms with Crippen molar-refractivity contribution in [3.05, 3.63) is 0 Å². The second kappa shape index (κ2) is 7.07. The van der Waals surface area contributed by atoms with E-state index in [2.05, 4.69) is 12.2 Å². The fourth-order valence-electron chi connectivity index (χ4n) is 3.35. The Bertz CT molecular complexity index is 351. The average Bonchev–Trinajstić information content (AvgIpc) is 2.45. The van der Waals surface area contributed by atoms with E-state index in [0.717, 1.165) is 51.7 Å². The van der Waals surface area contributed by atoms with Gasteiger partial charge in [0.15, 0.2) is 0 Å². The van der Waals surface area contributed by atoms with Crippen molar-refractivity contribution in [3.8, 4) is 0 Å². The second-order valence-corrected chi connectivity index (χ2v) is 6.25. The second-order valence-electron chi connectivity index (χ2n) is 6.25. The van der Waals surface area contributed by atoms with Gasteiger partial charge in [-0.2, -0.15) is 0 Å². The molecule has 0 radical (unpaired) electrons. The molecule has 2 atom stereocenters. The van der Waals surface area contributed by atoms with E-state index in [4.69, 9.17) is 5.11 Å². The molecule has 1 amide bonds. The zero-order valence-corrected chi connectivity index (χ0v) is 12.3. The molecular formula is C15H26N2O3. The SMILES string of the molecule is CC1CCCNC1C(=O)N1CCC(CCC(=O)O)CC1. The van der Waals surface area contributed by atoms with E-state index in [0.29, 0.717) is 11.8 Å². The van der Waals surface area contributed by atoms with Crippen LogP contribution in [-0.4, -0.2) is 47.6 Å². The minimum Gasteiger partial charge on any atom is -0.481 e.